The molecule has 0 bridgehead atoms. The maximum absolute atomic E-state index is 11.9. The minimum Gasteiger partial charge on any atom is -0.494 e. The Balaban J connectivity index is 2.23. The van der Waals surface area contributed by atoms with Gasteiger partial charge in [0.25, 0.3) is 0 Å². The number of rotatable bonds is 5. The van der Waals surface area contributed by atoms with E-state index in [0.29, 0.717) is 12.4 Å². The first-order chi connectivity index (χ1) is 10.0. The number of hydrogen-bond donors (Lipinski definition) is 0. The summed E-state index contributed by atoms with van der Waals surface area (Å²) in [5.74, 6) is 1.02. The van der Waals surface area contributed by atoms with E-state index in [2.05, 4.69) is 5.10 Å². The Bertz CT molecular complexity index is 731. The molecule has 2 aromatic rings. The Morgan fingerprint density at radius 3 is 2.33 bits per heavy atom. The average Bonchev–Trinajstić information content (AvgIpc) is 2.50. The first-order valence-electron chi connectivity index (χ1n) is 6.58. The van der Waals surface area contributed by atoms with Gasteiger partial charge < -0.3 is 9.47 Å². The SMILES string of the molecule is CCCOc1ccc(Oc2nn(C)c(=O)n(C)c2=O)cc1. The van der Waals surface area contributed by atoms with Crippen molar-refractivity contribution in [3.63, 3.8) is 0 Å². The summed E-state index contributed by atoms with van der Waals surface area (Å²) in [6.45, 7) is 2.67. The van der Waals surface area contributed by atoms with Crippen molar-refractivity contribution in [1.82, 2.24) is 14.3 Å². The normalized spacial score (nSPS) is 10.4. The third kappa shape index (κ3) is 3.31. The Hall–Kier alpha value is -2.57. The molecule has 1 heterocycles. The van der Waals surface area contributed by atoms with Crippen molar-refractivity contribution in [3.05, 3.63) is 45.1 Å². The third-order valence-corrected chi connectivity index (χ3v) is 2.80. The molecular weight excluding hydrogens is 274 g/mol. The average molecular weight is 291 g/mol. The van der Waals surface area contributed by atoms with E-state index >= 15 is 0 Å². The zero-order valence-electron chi connectivity index (χ0n) is 12.2. The number of nitrogens with zero attached hydrogens (tertiary/aromatic N) is 3. The molecule has 0 fully saturated rings. The van der Waals surface area contributed by atoms with Crippen LogP contribution in [0.3, 0.4) is 0 Å². The summed E-state index contributed by atoms with van der Waals surface area (Å²) in [5.41, 5.74) is -1.08. The molecule has 7 heteroatoms. The molecule has 0 aliphatic heterocycles. The molecule has 0 spiro atoms. The minimum absolute atomic E-state index is 0.151. The van der Waals surface area contributed by atoms with E-state index in [1.807, 2.05) is 6.92 Å². The smallest absolute Gasteiger partial charge is 0.347 e. The summed E-state index contributed by atoms with van der Waals surface area (Å²) in [5, 5.41) is 3.82. The van der Waals surface area contributed by atoms with E-state index in [9.17, 15) is 9.59 Å². The van der Waals surface area contributed by atoms with Gasteiger partial charge in [0.2, 0.25) is 0 Å². The fourth-order valence-corrected chi connectivity index (χ4v) is 1.67. The second kappa shape index (κ2) is 6.25. The largest absolute Gasteiger partial charge is 0.494 e. The van der Waals surface area contributed by atoms with Gasteiger partial charge >= 0.3 is 17.1 Å². The maximum Gasteiger partial charge on any atom is 0.347 e. The van der Waals surface area contributed by atoms with Crippen molar-refractivity contribution < 1.29 is 9.47 Å². The molecule has 0 atom stereocenters. The van der Waals surface area contributed by atoms with Crippen molar-refractivity contribution in [1.29, 1.82) is 0 Å². The van der Waals surface area contributed by atoms with Gasteiger partial charge in [-0.05, 0) is 30.7 Å². The zero-order chi connectivity index (χ0) is 15.4. The second-order valence-electron chi connectivity index (χ2n) is 4.50. The van der Waals surface area contributed by atoms with Gasteiger partial charge in [-0.2, -0.15) is 0 Å². The lowest BCUT2D eigenvalue weighted by Gasteiger charge is -2.08. The predicted molar refractivity (Wildman–Crippen MR) is 77.0 cm³/mol. The lowest BCUT2D eigenvalue weighted by Crippen LogP contribution is -2.38. The molecule has 0 saturated carbocycles. The summed E-state index contributed by atoms with van der Waals surface area (Å²) < 4.78 is 12.9. The third-order valence-electron chi connectivity index (χ3n) is 2.80. The van der Waals surface area contributed by atoms with Gasteiger partial charge in [-0.25, -0.2) is 9.48 Å². The molecule has 0 aliphatic rings. The van der Waals surface area contributed by atoms with E-state index < -0.39 is 11.2 Å². The first kappa shape index (κ1) is 14.8. The van der Waals surface area contributed by atoms with Crippen LogP contribution in [0.1, 0.15) is 13.3 Å². The number of benzene rings is 1. The van der Waals surface area contributed by atoms with Crippen LogP contribution in [0.15, 0.2) is 33.9 Å². The highest BCUT2D eigenvalue weighted by molar-refractivity contribution is 5.33. The van der Waals surface area contributed by atoms with Gasteiger partial charge in [-0.1, -0.05) is 6.92 Å². The summed E-state index contributed by atoms with van der Waals surface area (Å²) in [6, 6.07) is 6.85. The first-order valence-corrected chi connectivity index (χ1v) is 6.58. The molecule has 2 rings (SSSR count). The highest BCUT2D eigenvalue weighted by Gasteiger charge is 2.10. The van der Waals surface area contributed by atoms with Gasteiger partial charge in [0.1, 0.15) is 11.5 Å². The van der Waals surface area contributed by atoms with Crippen LogP contribution in [0.5, 0.6) is 17.4 Å². The number of ether oxygens (including phenoxy) is 2. The molecular formula is C14H17N3O4. The molecule has 1 aromatic carbocycles. The van der Waals surface area contributed by atoms with Gasteiger partial charge in [0, 0.05) is 14.1 Å². The van der Waals surface area contributed by atoms with Gasteiger partial charge in [-0.3, -0.25) is 9.36 Å². The molecule has 0 unspecified atom stereocenters. The van der Waals surface area contributed by atoms with E-state index in [0.717, 1.165) is 21.4 Å². The summed E-state index contributed by atoms with van der Waals surface area (Å²) >= 11 is 0. The number of aryl methyl sites for hydroxylation is 1. The van der Waals surface area contributed by atoms with Crippen LogP contribution in [-0.4, -0.2) is 21.0 Å². The van der Waals surface area contributed by atoms with Gasteiger partial charge in [0.15, 0.2) is 0 Å². The van der Waals surface area contributed by atoms with Crippen LogP contribution in [0.4, 0.5) is 0 Å². The van der Waals surface area contributed by atoms with Crippen LogP contribution < -0.4 is 20.7 Å². The van der Waals surface area contributed by atoms with Crippen molar-refractivity contribution in [2.75, 3.05) is 6.61 Å². The molecule has 7 nitrogen and oxygen atoms in total. The molecule has 112 valence electrons. The molecule has 1 aromatic heterocycles. The Kier molecular flexibility index (Phi) is 4.42. The van der Waals surface area contributed by atoms with Crippen LogP contribution in [0, 0.1) is 0 Å². The van der Waals surface area contributed by atoms with E-state index in [1.165, 1.54) is 14.1 Å². The minimum atomic E-state index is -0.579. The van der Waals surface area contributed by atoms with Gasteiger partial charge in [0.05, 0.1) is 6.61 Å². The molecule has 0 saturated heterocycles. The van der Waals surface area contributed by atoms with Crippen molar-refractivity contribution in [2.45, 2.75) is 13.3 Å². The molecule has 0 amide bonds. The van der Waals surface area contributed by atoms with Crippen LogP contribution in [-0.2, 0) is 14.1 Å². The lowest BCUT2D eigenvalue weighted by molar-refractivity contribution is 0.316. The van der Waals surface area contributed by atoms with Gasteiger partial charge in [-0.15, -0.1) is 5.10 Å². The monoisotopic (exact) mass is 291 g/mol. The highest BCUT2D eigenvalue weighted by atomic mass is 16.5. The standard InChI is InChI=1S/C14H17N3O4/c1-4-9-20-10-5-7-11(8-6-10)21-12-13(18)16(2)14(19)17(3)15-12/h5-8H,4,9H2,1-3H3. The van der Waals surface area contributed by atoms with Crippen LogP contribution >= 0.6 is 0 Å². The Morgan fingerprint density at radius 2 is 1.71 bits per heavy atom. The van der Waals surface area contributed by atoms with E-state index in [-0.39, 0.29) is 5.88 Å². The Morgan fingerprint density at radius 1 is 1.10 bits per heavy atom. The topological polar surface area (TPSA) is 75.3 Å². The predicted octanol–water partition coefficient (Wildman–Crippen LogP) is 1.06. The van der Waals surface area contributed by atoms with Crippen molar-refractivity contribution >= 4 is 0 Å². The summed E-state index contributed by atoms with van der Waals surface area (Å²) in [6.07, 6.45) is 0.927. The summed E-state index contributed by atoms with van der Waals surface area (Å²) in [4.78, 5) is 23.4. The second-order valence-corrected chi connectivity index (χ2v) is 4.50. The van der Waals surface area contributed by atoms with Crippen molar-refractivity contribution in [3.8, 4) is 17.4 Å². The molecule has 0 N–H and O–H groups in total. The number of hydrogen-bond acceptors (Lipinski definition) is 5. The Labute approximate surface area is 121 Å². The fourth-order valence-electron chi connectivity index (χ4n) is 1.67. The number of aromatic nitrogens is 3. The zero-order valence-corrected chi connectivity index (χ0v) is 12.2. The van der Waals surface area contributed by atoms with Crippen molar-refractivity contribution in [2.24, 2.45) is 14.1 Å². The van der Waals surface area contributed by atoms with E-state index in [4.69, 9.17) is 9.47 Å². The molecule has 0 aliphatic carbocycles. The molecule has 21 heavy (non-hydrogen) atoms. The van der Waals surface area contributed by atoms with Crippen LogP contribution in [0.2, 0.25) is 0 Å². The lowest BCUT2D eigenvalue weighted by atomic mass is 10.3. The van der Waals surface area contributed by atoms with E-state index in [1.54, 1.807) is 24.3 Å². The van der Waals surface area contributed by atoms with Crippen LogP contribution in [0.25, 0.3) is 0 Å². The quantitative estimate of drug-likeness (QED) is 0.823. The maximum atomic E-state index is 11.9. The highest BCUT2D eigenvalue weighted by Crippen LogP contribution is 2.20. The summed E-state index contributed by atoms with van der Waals surface area (Å²) in [7, 11) is 2.83. The molecule has 0 radical (unpaired) electrons. The fraction of sp³-hybridized carbons (Fsp3) is 0.357.